The predicted octanol–water partition coefficient (Wildman–Crippen LogP) is 2.55. The number of benzene rings is 1. The molecular weight excluding hydrogens is 222 g/mol. The molecule has 18 heavy (non-hydrogen) atoms. The zero-order valence-electron chi connectivity index (χ0n) is 10.4. The van der Waals surface area contributed by atoms with Crippen molar-refractivity contribution in [3.05, 3.63) is 65.0 Å². The van der Waals surface area contributed by atoms with Gasteiger partial charge >= 0.3 is 0 Å². The lowest BCUT2D eigenvalue weighted by Gasteiger charge is -2.07. The van der Waals surface area contributed by atoms with Gasteiger partial charge in [0.1, 0.15) is 0 Å². The van der Waals surface area contributed by atoms with Crippen LogP contribution in [0.2, 0.25) is 0 Å². The van der Waals surface area contributed by atoms with Crippen molar-refractivity contribution in [1.29, 1.82) is 5.26 Å². The van der Waals surface area contributed by atoms with Gasteiger partial charge in [-0.1, -0.05) is 12.1 Å². The van der Waals surface area contributed by atoms with Crippen LogP contribution >= 0.6 is 0 Å². The number of hydrogen-bond donors (Lipinski definition) is 1. The fraction of sp³-hybridized carbons (Fsp3) is 0.200. The standard InChI is InChI=1S/C15H15N3/c1-12-5-6-17-10-15(12)11-18-9-14-4-2-3-13(7-14)8-16/h2-7,10,18H,9,11H2,1H3. The van der Waals surface area contributed by atoms with Crippen LogP contribution in [0.5, 0.6) is 0 Å². The molecule has 1 N–H and O–H groups in total. The Morgan fingerprint density at radius 2 is 2.17 bits per heavy atom. The SMILES string of the molecule is Cc1ccncc1CNCc1cccc(C#N)c1. The average Bonchev–Trinajstić information content (AvgIpc) is 2.41. The van der Waals surface area contributed by atoms with Crippen molar-refractivity contribution in [2.75, 3.05) is 0 Å². The van der Waals surface area contributed by atoms with Crippen LogP contribution in [-0.2, 0) is 13.1 Å². The van der Waals surface area contributed by atoms with Gasteiger partial charge in [-0.25, -0.2) is 0 Å². The summed E-state index contributed by atoms with van der Waals surface area (Å²) >= 11 is 0. The van der Waals surface area contributed by atoms with E-state index >= 15 is 0 Å². The fourth-order valence-corrected chi connectivity index (χ4v) is 1.77. The third-order valence-corrected chi connectivity index (χ3v) is 2.85. The lowest BCUT2D eigenvalue weighted by Crippen LogP contribution is -2.13. The van der Waals surface area contributed by atoms with E-state index in [-0.39, 0.29) is 0 Å². The maximum Gasteiger partial charge on any atom is 0.0991 e. The molecule has 0 bridgehead atoms. The number of nitriles is 1. The lowest BCUT2D eigenvalue weighted by molar-refractivity contribution is 0.688. The normalized spacial score (nSPS) is 10.0. The Labute approximate surface area is 107 Å². The molecule has 0 radical (unpaired) electrons. The monoisotopic (exact) mass is 237 g/mol. The molecule has 0 aliphatic carbocycles. The van der Waals surface area contributed by atoms with Crippen molar-refractivity contribution in [3.8, 4) is 6.07 Å². The van der Waals surface area contributed by atoms with Crippen LogP contribution in [0.15, 0.2) is 42.7 Å². The van der Waals surface area contributed by atoms with Crippen molar-refractivity contribution in [2.45, 2.75) is 20.0 Å². The molecule has 0 atom stereocenters. The number of rotatable bonds is 4. The summed E-state index contributed by atoms with van der Waals surface area (Å²) in [7, 11) is 0. The van der Waals surface area contributed by atoms with Gasteiger partial charge in [-0.15, -0.1) is 0 Å². The molecule has 2 aromatic rings. The van der Waals surface area contributed by atoms with E-state index in [1.54, 1.807) is 6.20 Å². The highest BCUT2D eigenvalue weighted by Crippen LogP contribution is 2.06. The van der Waals surface area contributed by atoms with Gasteiger partial charge in [0.25, 0.3) is 0 Å². The van der Waals surface area contributed by atoms with Crippen molar-refractivity contribution in [3.63, 3.8) is 0 Å². The molecule has 0 aliphatic heterocycles. The van der Waals surface area contributed by atoms with Crippen LogP contribution in [0.1, 0.15) is 22.3 Å². The molecule has 0 aliphatic rings. The zero-order chi connectivity index (χ0) is 12.8. The molecule has 1 aromatic carbocycles. The van der Waals surface area contributed by atoms with E-state index in [1.165, 1.54) is 11.1 Å². The second-order valence-corrected chi connectivity index (χ2v) is 4.22. The highest BCUT2D eigenvalue weighted by Gasteiger charge is 1.98. The number of aromatic nitrogens is 1. The van der Waals surface area contributed by atoms with Crippen LogP contribution in [0.3, 0.4) is 0 Å². The van der Waals surface area contributed by atoms with E-state index in [0.717, 1.165) is 18.7 Å². The van der Waals surface area contributed by atoms with Crippen molar-refractivity contribution >= 4 is 0 Å². The molecule has 0 saturated heterocycles. The minimum atomic E-state index is 0.701. The van der Waals surface area contributed by atoms with E-state index in [0.29, 0.717) is 5.56 Å². The summed E-state index contributed by atoms with van der Waals surface area (Å²) in [6.45, 7) is 3.62. The third-order valence-electron chi connectivity index (χ3n) is 2.85. The second-order valence-electron chi connectivity index (χ2n) is 4.22. The Balaban J connectivity index is 1.93. The average molecular weight is 237 g/mol. The van der Waals surface area contributed by atoms with Crippen molar-refractivity contribution in [1.82, 2.24) is 10.3 Å². The first-order chi connectivity index (χ1) is 8.79. The topological polar surface area (TPSA) is 48.7 Å². The predicted molar refractivity (Wildman–Crippen MR) is 70.7 cm³/mol. The number of hydrogen-bond acceptors (Lipinski definition) is 3. The first-order valence-electron chi connectivity index (χ1n) is 5.89. The molecule has 1 heterocycles. The van der Waals surface area contributed by atoms with E-state index in [1.807, 2.05) is 36.5 Å². The Morgan fingerprint density at radius 1 is 1.28 bits per heavy atom. The largest absolute Gasteiger partial charge is 0.309 e. The van der Waals surface area contributed by atoms with Gasteiger partial charge in [0.15, 0.2) is 0 Å². The van der Waals surface area contributed by atoms with E-state index < -0.39 is 0 Å². The first-order valence-corrected chi connectivity index (χ1v) is 5.89. The molecule has 90 valence electrons. The van der Waals surface area contributed by atoms with Crippen LogP contribution in [0, 0.1) is 18.3 Å². The summed E-state index contributed by atoms with van der Waals surface area (Å²) in [6.07, 6.45) is 3.68. The summed E-state index contributed by atoms with van der Waals surface area (Å²) in [4.78, 5) is 4.12. The Kier molecular flexibility index (Phi) is 4.06. The van der Waals surface area contributed by atoms with Gasteiger partial charge in [-0.3, -0.25) is 4.98 Å². The van der Waals surface area contributed by atoms with Crippen LogP contribution in [0.4, 0.5) is 0 Å². The minimum absolute atomic E-state index is 0.701. The Hall–Kier alpha value is -2.18. The molecule has 3 heteroatoms. The van der Waals surface area contributed by atoms with Gasteiger partial charge in [0.05, 0.1) is 11.6 Å². The minimum Gasteiger partial charge on any atom is -0.309 e. The van der Waals surface area contributed by atoms with Gasteiger partial charge in [0.2, 0.25) is 0 Å². The molecular formula is C15H15N3. The number of aryl methyl sites for hydroxylation is 1. The summed E-state index contributed by atoms with van der Waals surface area (Å²) in [5.74, 6) is 0. The highest BCUT2D eigenvalue weighted by molar-refractivity contribution is 5.32. The number of pyridine rings is 1. The Morgan fingerprint density at radius 3 is 2.94 bits per heavy atom. The molecule has 0 saturated carbocycles. The summed E-state index contributed by atoms with van der Waals surface area (Å²) in [5, 5.41) is 12.2. The van der Waals surface area contributed by atoms with Gasteiger partial charge < -0.3 is 5.32 Å². The third kappa shape index (κ3) is 3.16. The highest BCUT2D eigenvalue weighted by atomic mass is 14.9. The summed E-state index contributed by atoms with van der Waals surface area (Å²) in [5.41, 5.74) is 4.26. The number of nitrogens with one attached hydrogen (secondary N) is 1. The molecule has 0 amide bonds. The van der Waals surface area contributed by atoms with Gasteiger partial charge in [-0.2, -0.15) is 5.26 Å². The van der Waals surface area contributed by atoms with E-state index in [2.05, 4.69) is 23.3 Å². The first kappa shape index (κ1) is 12.3. The molecule has 0 spiro atoms. The smallest absolute Gasteiger partial charge is 0.0991 e. The van der Waals surface area contributed by atoms with E-state index in [9.17, 15) is 0 Å². The Bertz CT molecular complexity index is 570. The molecule has 3 nitrogen and oxygen atoms in total. The van der Waals surface area contributed by atoms with Crippen molar-refractivity contribution in [2.24, 2.45) is 0 Å². The number of nitrogens with zero attached hydrogens (tertiary/aromatic N) is 2. The fourth-order valence-electron chi connectivity index (χ4n) is 1.77. The van der Waals surface area contributed by atoms with E-state index in [4.69, 9.17) is 5.26 Å². The van der Waals surface area contributed by atoms with Crippen LogP contribution < -0.4 is 5.32 Å². The van der Waals surface area contributed by atoms with Crippen LogP contribution in [-0.4, -0.2) is 4.98 Å². The second kappa shape index (κ2) is 5.95. The quantitative estimate of drug-likeness (QED) is 0.889. The maximum absolute atomic E-state index is 8.82. The zero-order valence-corrected chi connectivity index (χ0v) is 10.4. The molecule has 0 fully saturated rings. The van der Waals surface area contributed by atoms with Crippen molar-refractivity contribution < 1.29 is 0 Å². The van der Waals surface area contributed by atoms with Gasteiger partial charge in [0, 0.05) is 25.5 Å². The summed E-state index contributed by atoms with van der Waals surface area (Å²) in [6, 6.07) is 11.8. The summed E-state index contributed by atoms with van der Waals surface area (Å²) < 4.78 is 0. The molecule has 1 aromatic heterocycles. The maximum atomic E-state index is 8.82. The molecule has 2 rings (SSSR count). The van der Waals surface area contributed by atoms with Gasteiger partial charge in [-0.05, 0) is 41.8 Å². The van der Waals surface area contributed by atoms with Crippen LogP contribution in [0.25, 0.3) is 0 Å². The molecule has 0 unspecified atom stereocenters. The lowest BCUT2D eigenvalue weighted by atomic mass is 10.1.